The summed E-state index contributed by atoms with van der Waals surface area (Å²) in [7, 11) is -3.19. The maximum absolute atomic E-state index is 11.4. The Labute approximate surface area is 111 Å². The van der Waals surface area contributed by atoms with Crippen molar-refractivity contribution in [2.45, 2.75) is 25.6 Å². The topological polar surface area (TPSA) is 63.6 Å². The average Bonchev–Trinajstić information content (AvgIpc) is 2.54. The summed E-state index contributed by atoms with van der Waals surface area (Å²) in [5.74, 6) is 0.168. The van der Waals surface area contributed by atoms with Crippen LogP contribution in [0.1, 0.15) is 12.5 Å². The van der Waals surface area contributed by atoms with E-state index in [0.717, 1.165) is 12.0 Å². The fraction of sp³-hybridized carbons (Fsp3) is 0.500. The van der Waals surface area contributed by atoms with Gasteiger partial charge in [0.25, 0.3) is 0 Å². The Kier molecular flexibility index (Phi) is 3.84. The fourth-order valence-electron chi connectivity index (χ4n) is 1.98. The van der Waals surface area contributed by atoms with Crippen LogP contribution in [0.15, 0.2) is 18.2 Å². The van der Waals surface area contributed by atoms with Gasteiger partial charge in [0.2, 0.25) is 0 Å². The van der Waals surface area contributed by atoms with Gasteiger partial charge in [-0.1, -0.05) is 18.5 Å². The molecule has 0 saturated carbocycles. The molecule has 0 aromatic heterocycles. The molecular weight excluding hydrogens is 276 g/mol. The van der Waals surface area contributed by atoms with E-state index in [9.17, 15) is 13.5 Å². The van der Waals surface area contributed by atoms with Crippen molar-refractivity contribution in [3.8, 4) is 5.75 Å². The standard InChI is InChI=1S/C12H15ClO4S/c1-2-8-5-9(3-4-10(8)13)17-12-7-18(15,16)6-11(12)14/h3-5,11-12,14H,2,6-7H2,1H3. The van der Waals surface area contributed by atoms with Crippen LogP contribution >= 0.6 is 11.6 Å². The minimum Gasteiger partial charge on any atom is -0.487 e. The zero-order valence-electron chi connectivity index (χ0n) is 9.97. The van der Waals surface area contributed by atoms with Crippen LogP contribution in [0.2, 0.25) is 5.02 Å². The Morgan fingerprint density at radius 1 is 1.44 bits per heavy atom. The highest BCUT2D eigenvalue weighted by atomic mass is 35.5. The van der Waals surface area contributed by atoms with E-state index in [0.29, 0.717) is 10.8 Å². The minimum absolute atomic E-state index is 0.141. The predicted molar refractivity (Wildman–Crippen MR) is 69.9 cm³/mol. The quantitative estimate of drug-likeness (QED) is 0.915. The molecule has 0 spiro atoms. The maximum atomic E-state index is 11.4. The van der Waals surface area contributed by atoms with E-state index in [2.05, 4.69) is 0 Å². The summed E-state index contributed by atoms with van der Waals surface area (Å²) in [6, 6.07) is 5.17. The summed E-state index contributed by atoms with van der Waals surface area (Å²) in [4.78, 5) is 0. The SMILES string of the molecule is CCc1cc(OC2CS(=O)(=O)CC2O)ccc1Cl. The second-order valence-electron chi connectivity index (χ2n) is 4.41. The summed E-state index contributed by atoms with van der Waals surface area (Å²) in [5, 5.41) is 10.3. The number of ether oxygens (including phenoxy) is 1. The number of rotatable bonds is 3. The summed E-state index contributed by atoms with van der Waals surface area (Å²) in [6.45, 7) is 1.97. The highest BCUT2D eigenvalue weighted by molar-refractivity contribution is 7.91. The van der Waals surface area contributed by atoms with Gasteiger partial charge in [0, 0.05) is 5.02 Å². The van der Waals surface area contributed by atoms with Gasteiger partial charge in [-0.25, -0.2) is 8.42 Å². The number of halogens is 1. The van der Waals surface area contributed by atoms with Gasteiger partial charge in [-0.2, -0.15) is 0 Å². The number of hydrogen-bond donors (Lipinski definition) is 1. The molecule has 2 unspecified atom stereocenters. The third-order valence-corrected chi connectivity index (χ3v) is 5.01. The average molecular weight is 291 g/mol. The van der Waals surface area contributed by atoms with Crippen molar-refractivity contribution in [2.24, 2.45) is 0 Å². The third kappa shape index (κ3) is 2.96. The maximum Gasteiger partial charge on any atom is 0.156 e. The third-order valence-electron chi connectivity index (χ3n) is 2.96. The van der Waals surface area contributed by atoms with Crippen LogP contribution in [0.3, 0.4) is 0 Å². The molecule has 0 aliphatic carbocycles. The Balaban J connectivity index is 2.15. The van der Waals surface area contributed by atoms with Crippen molar-refractivity contribution >= 4 is 21.4 Å². The number of aliphatic hydroxyl groups excluding tert-OH is 1. The monoisotopic (exact) mass is 290 g/mol. The second kappa shape index (κ2) is 5.07. The van der Waals surface area contributed by atoms with Crippen molar-refractivity contribution in [3.63, 3.8) is 0 Å². The van der Waals surface area contributed by atoms with Gasteiger partial charge < -0.3 is 9.84 Å². The zero-order chi connectivity index (χ0) is 13.3. The molecule has 6 heteroatoms. The summed E-state index contributed by atoms with van der Waals surface area (Å²) < 4.78 is 28.2. The Morgan fingerprint density at radius 2 is 2.17 bits per heavy atom. The van der Waals surface area contributed by atoms with Crippen LogP contribution in [-0.2, 0) is 16.3 Å². The largest absolute Gasteiger partial charge is 0.487 e. The van der Waals surface area contributed by atoms with Crippen molar-refractivity contribution in [3.05, 3.63) is 28.8 Å². The minimum atomic E-state index is -3.19. The number of hydrogen-bond acceptors (Lipinski definition) is 4. The highest BCUT2D eigenvalue weighted by Crippen LogP contribution is 2.25. The van der Waals surface area contributed by atoms with Gasteiger partial charge in [-0.15, -0.1) is 0 Å². The van der Waals surface area contributed by atoms with Gasteiger partial charge >= 0.3 is 0 Å². The molecule has 1 saturated heterocycles. The lowest BCUT2D eigenvalue weighted by Crippen LogP contribution is -2.29. The van der Waals surface area contributed by atoms with E-state index in [1.165, 1.54) is 0 Å². The molecule has 1 heterocycles. The zero-order valence-corrected chi connectivity index (χ0v) is 11.5. The predicted octanol–water partition coefficient (Wildman–Crippen LogP) is 1.44. The fourth-order valence-corrected chi connectivity index (χ4v) is 3.89. The summed E-state index contributed by atoms with van der Waals surface area (Å²) in [5.41, 5.74) is 0.935. The number of benzene rings is 1. The first-order chi connectivity index (χ1) is 8.41. The molecule has 1 aliphatic heterocycles. The summed E-state index contributed by atoms with van der Waals surface area (Å²) in [6.07, 6.45) is -0.890. The number of aliphatic hydroxyl groups is 1. The van der Waals surface area contributed by atoms with E-state index in [1.54, 1.807) is 18.2 Å². The van der Waals surface area contributed by atoms with Crippen LogP contribution in [0.25, 0.3) is 0 Å². The van der Waals surface area contributed by atoms with Crippen molar-refractivity contribution in [1.29, 1.82) is 0 Å². The molecule has 1 aromatic rings. The number of aryl methyl sites for hydroxylation is 1. The lowest BCUT2D eigenvalue weighted by atomic mass is 10.1. The van der Waals surface area contributed by atoms with Crippen LogP contribution < -0.4 is 4.74 Å². The Morgan fingerprint density at radius 3 is 2.72 bits per heavy atom. The van der Waals surface area contributed by atoms with Crippen LogP contribution in [-0.4, -0.2) is 37.2 Å². The Hall–Kier alpha value is -0.780. The van der Waals surface area contributed by atoms with Crippen molar-refractivity contribution in [1.82, 2.24) is 0 Å². The smallest absolute Gasteiger partial charge is 0.156 e. The molecule has 0 amide bonds. The van der Waals surface area contributed by atoms with E-state index in [1.807, 2.05) is 6.92 Å². The molecule has 4 nitrogen and oxygen atoms in total. The molecule has 0 radical (unpaired) electrons. The second-order valence-corrected chi connectivity index (χ2v) is 6.97. The van der Waals surface area contributed by atoms with E-state index >= 15 is 0 Å². The molecule has 18 heavy (non-hydrogen) atoms. The normalized spacial score (nSPS) is 26.2. The van der Waals surface area contributed by atoms with Crippen molar-refractivity contribution in [2.75, 3.05) is 11.5 Å². The number of sulfone groups is 1. The van der Waals surface area contributed by atoms with Crippen LogP contribution in [0.5, 0.6) is 5.75 Å². The molecule has 2 atom stereocenters. The Bertz CT molecular complexity index is 541. The van der Waals surface area contributed by atoms with E-state index < -0.39 is 22.0 Å². The lowest BCUT2D eigenvalue weighted by Gasteiger charge is -2.16. The van der Waals surface area contributed by atoms with Gasteiger partial charge in [0.15, 0.2) is 9.84 Å². The van der Waals surface area contributed by atoms with E-state index in [4.69, 9.17) is 16.3 Å². The van der Waals surface area contributed by atoms with Gasteiger partial charge in [-0.3, -0.25) is 0 Å². The molecule has 1 N–H and O–H groups in total. The molecule has 1 fully saturated rings. The van der Waals surface area contributed by atoms with Gasteiger partial charge in [-0.05, 0) is 30.2 Å². The first-order valence-electron chi connectivity index (χ1n) is 5.75. The molecule has 2 rings (SSSR count). The molecule has 1 aromatic carbocycles. The van der Waals surface area contributed by atoms with Crippen molar-refractivity contribution < 1.29 is 18.3 Å². The summed E-state index contributed by atoms with van der Waals surface area (Å²) >= 11 is 5.99. The lowest BCUT2D eigenvalue weighted by molar-refractivity contribution is 0.0737. The highest BCUT2D eigenvalue weighted by Gasteiger charge is 2.38. The van der Waals surface area contributed by atoms with Crippen LogP contribution in [0.4, 0.5) is 0 Å². The molecule has 1 aliphatic rings. The molecule has 0 bridgehead atoms. The van der Waals surface area contributed by atoms with Crippen LogP contribution in [0, 0.1) is 0 Å². The van der Waals surface area contributed by atoms with Gasteiger partial charge in [0.05, 0.1) is 11.5 Å². The molecule has 100 valence electrons. The van der Waals surface area contributed by atoms with Gasteiger partial charge in [0.1, 0.15) is 18.0 Å². The first-order valence-corrected chi connectivity index (χ1v) is 7.95. The van der Waals surface area contributed by atoms with E-state index in [-0.39, 0.29) is 11.5 Å². The first kappa shape index (κ1) is 13.6. The molecular formula is C12H15ClO4S.